The number of non-ortho nitro benzene ring substituents is 1. The Morgan fingerprint density at radius 2 is 1.93 bits per heavy atom. The van der Waals surface area contributed by atoms with Crippen LogP contribution >= 0.6 is 0 Å². The van der Waals surface area contributed by atoms with Crippen molar-refractivity contribution >= 4 is 11.8 Å². The molecule has 0 aliphatic carbocycles. The maximum atomic E-state index is 12.2. The molecule has 7 nitrogen and oxygen atoms in total. The smallest absolute Gasteiger partial charge is 0.410 e. The second kappa shape index (κ2) is 7.74. The van der Waals surface area contributed by atoms with Gasteiger partial charge in [0.1, 0.15) is 11.4 Å². The third-order valence-electron chi connectivity index (χ3n) is 4.40. The van der Waals surface area contributed by atoms with Crippen LogP contribution in [0.2, 0.25) is 0 Å². The number of carbonyl (C=O) groups excluding carboxylic acids is 1. The Morgan fingerprint density at radius 3 is 2.48 bits per heavy atom. The molecule has 1 aromatic rings. The average molecular weight is 378 g/mol. The number of nitro benzene ring substituents is 1. The zero-order valence-corrected chi connectivity index (χ0v) is 17.1. The molecule has 0 spiro atoms. The number of hydrogen-bond acceptors (Lipinski definition) is 5. The molecule has 0 saturated carbocycles. The molecule has 7 heteroatoms. The summed E-state index contributed by atoms with van der Waals surface area (Å²) < 4.78 is 11.4. The van der Waals surface area contributed by atoms with Gasteiger partial charge in [-0.25, -0.2) is 4.79 Å². The van der Waals surface area contributed by atoms with E-state index in [0.29, 0.717) is 25.4 Å². The van der Waals surface area contributed by atoms with Crippen molar-refractivity contribution in [3.8, 4) is 5.75 Å². The number of benzene rings is 1. The van der Waals surface area contributed by atoms with Gasteiger partial charge in [0.25, 0.3) is 5.69 Å². The van der Waals surface area contributed by atoms with Gasteiger partial charge in [0.15, 0.2) is 0 Å². The largest absolute Gasteiger partial charge is 0.493 e. The molecule has 0 unspecified atom stereocenters. The summed E-state index contributed by atoms with van der Waals surface area (Å²) in [4.78, 5) is 24.5. The first kappa shape index (κ1) is 21.0. The maximum absolute atomic E-state index is 12.2. The molecule has 1 aromatic carbocycles. The fourth-order valence-electron chi connectivity index (χ4n) is 3.03. The van der Waals surface area contributed by atoms with E-state index >= 15 is 0 Å². The molecular formula is C20H30N2O5. The predicted molar refractivity (Wildman–Crippen MR) is 103 cm³/mol. The number of nitro groups is 1. The molecule has 1 amide bonds. The van der Waals surface area contributed by atoms with Crippen molar-refractivity contribution in [2.24, 2.45) is 5.92 Å². The number of carbonyl (C=O) groups is 1. The van der Waals surface area contributed by atoms with Gasteiger partial charge in [-0.2, -0.15) is 0 Å². The second-order valence-corrected chi connectivity index (χ2v) is 9.08. The number of rotatable bonds is 4. The SMILES string of the molecule is CC(C)(C)OC(=O)N1CC[C@@H](COc2cc([N+](=O)[O-])ccc2C(C)(C)C)C1. The molecule has 0 aromatic heterocycles. The summed E-state index contributed by atoms with van der Waals surface area (Å²) in [6, 6.07) is 4.75. The van der Waals surface area contributed by atoms with E-state index in [1.165, 1.54) is 12.1 Å². The van der Waals surface area contributed by atoms with Crippen molar-refractivity contribution in [2.45, 2.75) is 59.0 Å². The Bertz CT molecular complexity index is 703. The molecular weight excluding hydrogens is 348 g/mol. The quantitative estimate of drug-likeness (QED) is 0.568. The first-order valence-electron chi connectivity index (χ1n) is 9.26. The fourth-order valence-corrected chi connectivity index (χ4v) is 3.03. The standard InChI is InChI=1S/C20H30N2O5/c1-19(2,3)16-8-7-15(22(24)25)11-17(16)26-13-14-9-10-21(12-14)18(23)27-20(4,5)6/h7-8,11,14H,9-10,12-13H2,1-6H3/t14-/m1/s1. The van der Waals surface area contributed by atoms with Crippen LogP contribution in [-0.2, 0) is 10.2 Å². The Labute approximate surface area is 160 Å². The van der Waals surface area contributed by atoms with E-state index in [4.69, 9.17) is 9.47 Å². The van der Waals surface area contributed by atoms with E-state index < -0.39 is 10.5 Å². The Balaban J connectivity index is 2.03. The molecule has 1 fully saturated rings. The lowest BCUT2D eigenvalue weighted by atomic mass is 9.86. The lowest BCUT2D eigenvalue weighted by molar-refractivity contribution is -0.385. The summed E-state index contributed by atoms with van der Waals surface area (Å²) in [7, 11) is 0. The van der Waals surface area contributed by atoms with Crippen molar-refractivity contribution in [3.63, 3.8) is 0 Å². The zero-order valence-electron chi connectivity index (χ0n) is 17.1. The van der Waals surface area contributed by atoms with Crippen LogP contribution in [0.25, 0.3) is 0 Å². The van der Waals surface area contributed by atoms with E-state index in [1.54, 1.807) is 11.0 Å². The fraction of sp³-hybridized carbons (Fsp3) is 0.650. The normalized spacial score (nSPS) is 17.7. The van der Waals surface area contributed by atoms with Gasteiger partial charge in [-0.1, -0.05) is 20.8 Å². The summed E-state index contributed by atoms with van der Waals surface area (Å²) in [6.07, 6.45) is 0.509. The minimum Gasteiger partial charge on any atom is -0.493 e. The summed E-state index contributed by atoms with van der Waals surface area (Å²) >= 11 is 0. The van der Waals surface area contributed by atoms with Crippen LogP contribution in [-0.4, -0.2) is 41.2 Å². The van der Waals surface area contributed by atoms with E-state index in [1.807, 2.05) is 41.5 Å². The summed E-state index contributed by atoms with van der Waals surface area (Å²) in [5.74, 6) is 0.706. The van der Waals surface area contributed by atoms with Crippen molar-refractivity contribution in [3.05, 3.63) is 33.9 Å². The highest BCUT2D eigenvalue weighted by molar-refractivity contribution is 5.68. The summed E-state index contributed by atoms with van der Waals surface area (Å²) in [6.45, 7) is 13.3. The van der Waals surface area contributed by atoms with Gasteiger partial charge in [-0.15, -0.1) is 0 Å². The van der Waals surface area contributed by atoms with E-state index in [-0.39, 0.29) is 23.1 Å². The molecule has 27 heavy (non-hydrogen) atoms. The second-order valence-electron chi connectivity index (χ2n) is 9.08. The highest BCUT2D eigenvalue weighted by Crippen LogP contribution is 2.34. The summed E-state index contributed by atoms with van der Waals surface area (Å²) in [5.41, 5.74) is 0.230. The van der Waals surface area contributed by atoms with Crippen LogP contribution in [0.4, 0.5) is 10.5 Å². The molecule has 0 radical (unpaired) electrons. The zero-order chi connectivity index (χ0) is 20.4. The maximum Gasteiger partial charge on any atom is 0.410 e. The first-order valence-corrected chi connectivity index (χ1v) is 9.26. The molecule has 1 atom stereocenters. The topological polar surface area (TPSA) is 81.9 Å². The van der Waals surface area contributed by atoms with Crippen molar-refractivity contribution in [1.82, 2.24) is 4.90 Å². The van der Waals surface area contributed by atoms with Crippen LogP contribution in [0.1, 0.15) is 53.5 Å². The molecule has 1 aliphatic heterocycles. The van der Waals surface area contributed by atoms with Crippen LogP contribution in [0.3, 0.4) is 0 Å². The van der Waals surface area contributed by atoms with Gasteiger partial charge in [0.05, 0.1) is 17.6 Å². The predicted octanol–water partition coefficient (Wildman–Crippen LogP) is 4.53. The first-order chi connectivity index (χ1) is 12.4. The lowest BCUT2D eigenvalue weighted by Gasteiger charge is -2.25. The molecule has 1 aliphatic rings. The highest BCUT2D eigenvalue weighted by Gasteiger charge is 2.30. The highest BCUT2D eigenvalue weighted by atomic mass is 16.6. The van der Waals surface area contributed by atoms with Crippen molar-refractivity contribution < 1.29 is 19.2 Å². The molecule has 0 N–H and O–H groups in total. The van der Waals surface area contributed by atoms with Crippen LogP contribution < -0.4 is 4.74 Å². The van der Waals surface area contributed by atoms with Crippen LogP contribution in [0.5, 0.6) is 5.75 Å². The van der Waals surface area contributed by atoms with E-state index in [9.17, 15) is 14.9 Å². The molecule has 1 heterocycles. The third-order valence-corrected chi connectivity index (χ3v) is 4.40. The average Bonchev–Trinajstić information content (AvgIpc) is 2.99. The Morgan fingerprint density at radius 1 is 1.26 bits per heavy atom. The lowest BCUT2D eigenvalue weighted by Crippen LogP contribution is -2.35. The number of amides is 1. The molecule has 0 bridgehead atoms. The third kappa shape index (κ3) is 5.84. The van der Waals surface area contributed by atoms with Gasteiger partial charge >= 0.3 is 6.09 Å². The molecule has 150 valence electrons. The van der Waals surface area contributed by atoms with Gasteiger partial charge in [-0.05, 0) is 44.2 Å². The Kier molecular flexibility index (Phi) is 6.02. The van der Waals surface area contributed by atoms with Gasteiger partial charge in [0.2, 0.25) is 0 Å². The minimum absolute atomic E-state index is 0.0137. The van der Waals surface area contributed by atoms with Crippen molar-refractivity contribution in [2.75, 3.05) is 19.7 Å². The number of likely N-dealkylation sites (tertiary alicyclic amines) is 1. The number of ether oxygens (including phenoxy) is 2. The monoisotopic (exact) mass is 378 g/mol. The van der Waals surface area contributed by atoms with Crippen LogP contribution in [0, 0.1) is 16.0 Å². The number of nitrogens with zero attached hydrogens (tertiary/aromatic N) is 2. The van der Waals surface area contributed by atoms with Gasteiger partial charge < -0.3 is 14.4 Å². The molecule has 2 rings (SSSR count). The van der Waals surface area contributed by atoms with Gasteiger partial charge in [0, 0.05) is 25.1 Å². The number of hydrogen-bond donors (Lipinski definition) is 0. The van der Waals surface area contributed by atoms with E-state index in [0.717, 1.165) is 12.0 Å². The summed E-state index contributed by atoms with van der Waals surface area (Å²) in [5, 5.41) is 11.1. The van der Waals surface area contributed by atoms with Gasteiger partial charge in [-0.3, -0.25) is 10.1 Å². The minimum atomic E-state index is -0.518. The van der Waals surface area contributed by atoms with Crippen molar-refractivity contribution in [1.29, 1.82) is 0 Å². The van der Waals surface area contributed by atoms with Crippen LogP contribution in [0.15, 0.2) is 18.2 Å². The van der Waals surface area contributed by atoms with E-state index in [2.05, 4.69) is 0 Å². The Hall–Kier alpha value is -2.31. The molecule has 1 saturated heterocycles.